The molecule has 1 N–H and O–H groups in total. The third kappa shape index (κ3) is 2.12. The fourth-order valence-corrected chi connectivity index (χ4v) is 2.49. The summed E-state index contributed by atoms with van der Waals surface area (Å²) in [7, 11) is 4.05. The minimum absolute atomic E-state index is 0.807. The molecule has 2 aromatic heterocycles. The lowest BCUT2D eigenvalue weighted by molar-refractivity contribution is 1.13. The zero-order valence-corrected chi connectivity index (χ0v) is 12.8. The Morgan fingerprint density at radius 1 is 1.20 bits per heavy atom. The van der Waals surface area contributed by atoms with E-state index in [4.69, 9.17) is 0 Å². The van der Waals surface area contributed by atoms with Gasteiger partial charge in [-0.3, -0.25) is 9.38 Å². The molecule has 0 aliphatic carbocycles. The van der Waals surface area contributed by atoms with Gasteiger partial charge in [0.05, 0.1) is 6.20 Å². The van der Waals surface area contributed by atoms with E-state index < -0.39 is 0 Å². The Labute approximate surface area is 125 Å². The van der Waals surface area contributed by atoms with Gasteiger partial charge in [0.15, 0.2) is 5.65 Å². The van der Waals surface area contributed by atoms with Crippen LogP contribution in [0.4, 0.5) is 11.5 Å². The molecule has 0 saturated heterocycles. The summed E-state index contributed by atoms with van der Waals surface area (Å²) in [5, 5.41) is 0. The quantitative estimate of drug-likeness (QED) is 0.749. The van der Waals surface area contributed by atoms with Gasteiger partial charge in [-0.05, 0) is 12.1 Å². The average molecular weight is 332 g/mol. The van der Waals surface area contributed by atoms with Crippen LogP contribution in [0.1, 0.15) is 0 Å². The summed E-state index contributed by atoms with van der Waals surface area (Å²) in [5.74, 6) is 0.889. The minimum atomic E-state index is 0.807. The molecule has 0 aliphatic rings. The number of benzene rings is 1. The van der Waals surface area contributed by atoms with Crippen molar-refractivity contribution < 1.29 is 0 Å². The van der Waals surface area contributed by atoms with Gasteiger partial charge in [-0.1, -0.05) is 12.1 Å². The molecule has 1 aromatic carbocycles. The van der Waals surface area contributed by atoms with E-state index in [1.165, 1.54) is 0 Å². The van der Waals surface area contributed by atoms with Crippen LogP contribution in [-0.2, 0) is 0 Å². The second-order valence-corrected chi connectivity index (χ2v) is 5.05. The van der Waals surface area contributed by atoms with Gasteiger partial charge in [0.2, 0.25) is 0 Å². The van der Waals surface area contributed by atoms with E-state index in [0.29, 0.717) is 0 Å². The fourth-order valence-electron chi connectivity index (χ4n) is 2.12. The van der Waals surface area contributed by atoms with Gasteiger partial charge in [-0.25, -0.2) is 4.98 Å². The van der Waals surface area contributed by atoms with Crippen LogP contribution < -0.4 is 9.24 Å². The number of nitrogens with one attached hydrogen (secondary N) is 1. The Morgan fingerprint density at radius 3 is 2.60 bits per heavy atom. The summed E-state index contributed by atoms with van der Waals surface area (Å²) >= 11 is 3.30. The molecule has 3 rings (SSSR count). The highest BCUT2D eigenvalue weighted by molar-refractivity contribution is 9.10. The van der Waals surface area contributed by atoms with Crippen molar-refractivity contribution in [2.24, 2.45) is 0 Å². The first-order valence-electron chi connectivity index (χ1n) is 6.17. The van der Waals surface area contributed by atoms with Crippen LogP contribution in [-0.4, -0.2) is 28.5 Å². The molecule has 102 valence electrons. The zero-order chi connectivity index (χ0) is 14.1. The molecule has 2 heterocycles. The van der Waals surface area contributed by atoms with E-state index in [9.17, 15) is 0 Å². The molecule has 0 bridgehead atoms. The van der Waals surface area contributed by atoms with Crippen molar-refractivity contribution in [3.8, 4) is 11.3 Å². The first kappa shape index (κ1) is 12.9. The number of rotatable bonds is 3. The monoisotopic (exact) mass is 331 g/mol. The van der Waals surface area contributed by atoms with Gasteiger partial charge >= 0.3 is 0 Å². The van der Waals surface area contributed by atoms with E-state index in [0.717, 1.165) is 28.4 Å². The fraction of sp³-hybridized carbons (Fsp3) is 0.143. The van der Waals surface area contributed by atoms with Crippen molar-refractivity contribution >= 4 is 33.3 Å². The molecule has 0 amide bonds. The molecule has 20 heavy (non-hydrogen) atoms. The van der Waals surface area contributed by atoms with E-state index >= 15 is 0 Å². The van der Waals surface area contributed by atoms with Crippen LogP contribution in [0.2, 0.25) is 0 Å². The third-order valence-electron chi connectivity index (χ3n) is 3.18. The third-order valence-corrected chi connectivity index (χ3v) is 3.55. The Balaban J connectivity index is 2.13. The van der Waals surface area contributed by atoms with Crippen LogP contribution >= 0.6 is 16.1 Å². The number of halogens is 1. The van der Waals surface area contributed by atoms with E-state index in [1.54, 1.807) is 12.4 Å². The lowest BCUT2D eigenvalue weighted by Crippen LogP contribution is -2.07. The number of fused-ring (bicyclic) bond motifs is 1. The SMILES string of the molecule is CN(C)c1ccc(-c2nc3cnccn3c2NBr)cc1. The van der Waals surface area contributed by atoms with Crippen molar-refractivity contribution in [3.63, 3.8) is 0 Å². The van der Waals surface area contributed by atoms with Crippen molar-refractivity contribution in [2.75, 3.05) is 23.3 Å². The number of nitrogens with zero attached hydrogens (tertiary/aromatic N) is 4. The maximum absolute atomic E-state index is 4.62. The van der Waals surface area contributed by atoms with E-state index in [2.05, 4.69) is 59.6 Å². The second-order valence-electron chi connectivity index (χ2n) is 4.65. The Bertz CT molecular complexity index is 733. The molecule has 0 unspecified atom stereocenters. The normalized spacial score (nSPS) is 10.8. The first-order chi connectivity index (χ1) is 9.70. The number of anilines is 2. The summed E-state index contributed by atoms with van der Waals surface area (Å²) in [6, 6.07) is 8.29. The van der Waals surface area contributed by atoms with Gasteiger partial charge in [-0.15, -0.1) is 0 Å². The predicted molar refractivity (Wildman–Crippen MR) is 85.3 cm³/mol. The van der Waals surface area contributed by atoms with Crippen molar-refractivity contribution in [1.29, 1.82) is 0 Å². The highest BCUT2D eigenvalue weighted by atomic mass is 79.9. The Hall–Kier alpha value is -2.08. The van der Waals surface area contributed by atoms with Crippen LogP contribution in [0.25, 0.3) is 16.9 Å². The van der Waals surface area contributed by atoms with E-state index in [1.807, 2.05) is 24.7 Å². The molecule has 0 spiro atoms. The van der Waals surface area contributed by atoms with Crippen molar-refractivity contribution in [3.05, 3.63) is 42.9 Å². The molecule has 0 aliphatic heterocycles. The maximum Gasteiger partial charge on any atom is 0.157 e. The second kappa shape index (κ2) is 5.13. The molecular formula is C14H14BrN5. The van der Waals surface area contributed by atoms with Gasteiger partial charge < -0.3 is 9.24 Å². The van der Waals surface area contributed by atoms with Crippen molar-refractivity contribution in [1.82, 2.24) is 14.4 Å². The number of hydrogen-bond acceptors (Lipinski definition) is 4. The summed E-state index contributed by atoms with van der Waals surface area (Å²) < 4.78 is 4.98. The molecular weight excluding hydrogens is 318 g/mol. The van der Waals surface area contributed by atoms with Crippen molar-refractivity contribution in [2.45, 2.75) is 0 Å². The van der Waals surface area contributed by atoms with Crippen LogP contribution in [0.5, 0.6) is 0 Å². The maximum atomic E-state index is 4.62. The van der Waals surface area contributed by atoms with Gasteiger partial charge in [0.25, 0.3) is 0 Å². The minimum Gasteiger partial charge on any atom is -0.378 e. The Morgan fingerprint density at radius 2 is 1.95 bits per heavy atom. The predicted octanol–water partition coefficient (Wildman–Crippen LogP) is 3.18. The Kier molecular flexibility index (Phi) is 3.31. The molecule has 0 fully saturated rings. The smallest absolute Gasteiger partial charge is 0.157 e. The topological polar surface area (TPSA) is 45.5 Å². The zero-order valence-electron chi connectivity index (χ0n) is 11.2. The summed E-state index contributed by atoms with van der Waals surface area (Å²) in [6.45, 7) is 0. The molecule has 0 radical (unpaired) electrons. The average Bonchev–Trinajstić information content (AvgIpc) is 2.85. The molecule has 6 heteroatoms. The highest BCUT2D eigenvalue weighted by Crippen LogP contribution is 2.30. The van der Waals surface area contributed by atoms with Gasteiger partial charge in [-0.2, -0.15) is 0 Å². The lowest BCUT2D eigenvalue weighted by atomic mass is 10.1. The lowest BCUT2D eigenvalue weighted by Gasteiger charge is -2.12. The van der Waals surface area contributed by atoms with Crippen LogP contribution in [0.15, 0.2) is 42.9 Å². The van der Waals surface area contributed by atoms with Gasteiger partial charge in [0.1, 0.15) is 11.5 Å². The van der Waals surface area contributed by atoms with Crippen LogP contribution in [0, 0.1) is 0 Å². The van der Waals surface area contributed by atoms with Crippen LogP contribution in [0.3, 0.4) is 0 Å². The number of aromatic nitrogens is 3. The van der Waals surface area contributed by atoms with Gasteiger partial charge in [0, 0.05) is 53.9 Å². The van der Waals surface area contributed by atoms with E-state index in [-0.39, 0.29) is 0 Å². The number of hydrogen-bond donors (Lipinski definition) is 1. The molecule has 5 nitrogen and oxygen atoms in total. The molecule has 3 aromatic rings. The largest absolute Gasteiger partial charge is 0.378 e. The first-order valence-corrected chi connectivity index (χ1v) is 6.96. The molecule has 0 saturated carbocycles. The molecule has 0 atom stereocenters. The summed E-state index contributed by atoms with van der Waals surface area (Å²) in [6.07, 6.45) is 5.36. The summed E-state index contributed by atoms with van der Waals surface area (Å²) in [4.78, 5) is 10.8. The summed E-state index contributed by atoms with van der Waals surface area (Å²) in [5.41, 5.74) is 3.91. The highest BCUT2D eigenvalue weighted by Gasteiger charge is 2.13. The number of imidazole rings is 1. The standard InChI is InChI=1S/C14H14BrN5/c1-19(2)11-5-3-10(4-6-11)13-14(18-15)20-8-7-16-9-12(20)17-13/h3-9,18H,1-2H3.